The second-order valence-electron chi connectivity index (χ2n) is 19.3. The number of hydrogen-bond acceptors (Lipinski definition) is 9. The summed E-state index contributed by atoms with van der Waals surface area (Å²) in [5, 5.41) is 0. The molecule has 2 fully saturated rings. The Morgan fingerprint density at radius 2 is 0.877 bits per heavy atom. The fourth-order valence-corrected chi connectivity index (χ4v) is 12.3. The molecule has 2 saturated heterocycles. The number of fused-ring (bicyclic) bond motifs is 1. The van der Waals surface area contributed by atoms with E-state index < -0.39 is 37.8 Å². The van der Waals surface area contributed by atoms with E-state index in [-0.39, 0.29) is 18.0 Å². The summed E-state index contributed by atoms with van der Waals surface area (Å²) in [5.74, 6) is 0.523. The van der Waals surface area contributed by atoms with Crippen LogP contribution in [0.3, 0.4) is 0 Å². The lowest BCUT2D eigenvalue weighted by Gasteiger charge is -2.41. The van der Waals surface area contributed by atoms with E-state index in [2.05, 4.69) is 109 Å². The molecule has 12 rings (SSSR count). The number of hydrogen-bond donors (Lipinski definition) is 0. The summed E-state index contributed by atoms with van der Waals surface area (Å²) in [6.07, 6.45) is -0.879. The molecule has 4 aliphatic rings. The van der Waals surface area contributed by atoms with Crippen molar-refractivity contribution in [2.24, 2.45) is 15.9 Å². The summed E-state index contributed by atoms with van der Waals surface area (Å²) in [4.78, 5) is 10.3. The van der Waals surface area contributed by atoms with Gasteiger partial charge in [-0.1, -0.05) is 218 Å². The van der Waals surface area contributed by atoms with Crippen LogP contribution in [0.25, 0.3) is 11.1 Å². The van der Waals surface area contributed by atoms with Gasteiger partial charge in [-0.15, -0.1) is 0 Å². The lowest BCUT2D eigenvalue weighted by molar-refractivity contribution is -0.175. The third kappa shape index (κ3) is 9.18. The highest BCUT2D eigenvalue weighted by Gasteiger charge is 2.67. The Bertz CT molecular complexity index is 2970. The Hall–Kier alpha value is -7.23. The van der Waals surface area contributed by atoms with Crippen LogP contribution in [0.15, 0.2) is 241 Å². The van der Waals surface area contributed by atoms with Crippen molar-refractivity contribution < 1.29 is 32.5 Å². The highest BCUT2D eigenvalue weighted by atomic mass is 31.2. The number of ether oxygens (including phenoxy) is 4. The van der Waals surface area contributed by atoms with Crippen molar-refractivity contribution >= 4 is 20.4 Å². The van der Waals surface area contributed by atoms with Crippen LogP contribution < -0.4 is 4.52 Å². The fourth-order valence-electron chi connectivity index (χ4n) is 10.8. The van der Waals surface area contributed by atoms with Crippen molar-refractivity contribution in [1.29, 1.82) is 0 Å². The van der Waals surface area contributed by atoms with E-state index in [1.807, 2.05) is 135 Å². The highest BCUT2D eigenvalue weighted by molar-refractivity contribution is 7.42. The van der Waals surface area contributed by atoms with E-state index in [0.717, 1.165) is 50.1 Å². The van der Waals surface area contributed by atoms with Gasteiger partial charge in [0.1, 0.15) is 49.2 Å². The first kappa shape index (κ1) is 46.8. The van der Waals surface area contributed by atoms with E-state index >= 15 is 0 Å². The van der Waals surface area contributed by atoms with Gasteiger partial charge in [-0.05, 0) is 82.5 Å². The minimum absolute atomic E-state index is 0.106. The molecule has 8 aromatic rings. The molecule has 0 unspecified atom stereocenters. The van der Waals surface area contributed by atoms with Crippen LogP contribution in [0.1, 0.15) is 64.9 Å². The third-order valence-corrected chi connectivity index (χ3v) is 15.4. The maximum absolute atomic E-state index is 7.63. The molecule has 73 heavy (non-hydrogen) atoms. The van der Waals surface area contributed by atoms with Gasteiger partial charge in [0.15, 0.2) is 28.8 Å². The van der Waals surface area contributed by atoms with Gasteiger partial charge in [0.05, 0.1) is 0 Å². The second-order valence-corrected chi connectivity index (χ2v) is 20.3. The van der Waals surface area contributed by atoms with Gasteiger partial charge in [0.25, 0.3) is 0 Å². The van der Waals surface area contributed by atoms with Gasteiger partial charge in [-0.2, -0.15) is 0 Å². The third-order valence-electron chi connectivity index (χ3n) is 14.2. The van der Waals surface area contributed by atoms with E-state index in [0.29, 0.717) is 37.2 Å². The Labute approximate surface area is 428 Å². The van der Waals surface area contributed by atoms with Gasteiger partial charge in [0.2, 0.25) is 0 Å². The van der Waals surface area contributed by atoms with Crippen molar-refractivity contribution in [3.8, 4) is 16.9 Å². The highest BCUT2D eigenvalue weighted by Crippen LogP contribution is 2.65. The summed E-state index contributed by atoms with van der Waals surface area (Å²) in [7, 11) is -2.27. The van der Waals surface area contributed by atoms with Gasteiger partial charge in [-0.3, -0.25) is 9.05 Å². The molecule has 0 spiro atoms. The average Bonchev–Trinajstić information content (AvgIpc) is 4.21. The molecule has 0 saturated carbocycles. The Kier molecular flexibility index (Phi) is 12.8. The zero-order chi connectivity index (χ0) is 49.2. The molecule has 0 aliphatic carbocycles. The number of aliphatic imine (C=N–C) groups is 2. The molecule has 0 amide bonds. The number of benzene rings is 8. The molecule has 4 heterocycles. The molecule has 10 heteroatoms. The lowest BCUT2D eigenvalue weighted by Crippen LogP contribution is -2.53. The summed E-state index contributed by atoms with van der Waals surface area (Å²) in [5.41, 5.74) is 6.28. The molecule has 4 aliphatic heterocycles. The Morgan fingerprint density at radius 3 is 1.32 bits per heavy atom. The van der Waals surface area contributed by atoms with Crippen LogP contribution in [-0.2, 0) is 45.6 Å². The molecule has 0 N–H and O–H groups in total. The summed E-state index contributed by atoms with van der Waals surface area (Å²) < 4.78 is 49.7. The predicted octanol–water partition coefficient (Wildman–Crippen LogP) is 13.9. The minimum Gasteiger partial charge on any atom is -0.478 e. The molecular formula is C63H55N2O7P. The molecule has 9 nitrogen and oxygen atoms in total. The summed E-state index contributed by atoms with van der Waals surface area (Å²) >= 11 is 0. The topological polar surface area (TPSA) is 89.3 Å². The molecule has 364 valence electrons. The maximum Gasteiger partial charge on any atom is 0.399 e. The summed E-state index contributed by atoms with van der Waals surface area (Å²) in [6.45, 7) is 4.84. The molecule has 8 aromatic carbocycles. The monoisotopic (exact) mass is 982 g/mol. The van der Waals surface area contributed by atoms with Crippen molar-refractivity contribution in [2.75, 3.05) is 13.2 Å². The molecule has 0 aromatic heterocycles. The number of nitrogens with zero attached hydrogens (tertiary/aromatic N) is 2. The zero-order valence-corrected chi connectivity index (χ0v) is 41.5. The normalized spacial score (nSPS) is 21.8. The Balaban J connectivity index is 0.923. The first-order chi connectivity index (χ1) is 35.8. The molecule has 0 bridgehead atoms. The lowest BCUT2D eigenvalue weighted by atomic mass is 9.72. The van der Waals surface area contributed by atoms with Crippen molar-refractivity contribution in [3.63, 3.8) is 0 Å². The standard InChI is InChI=1S/C63H55N2O7P/c1-61(2)68-57-58(69-61)63(51-34-17-7-18-35-51,52-36-19-8-20-37-52)72-73(71-62(57,49-30-13-5-14-31-49)50-32-15-6-16-33-50)70-53-38-22-29-48(41-53)47-28-21-23-44(39-47)40-54(59-64-55(42-66-59)45-24-9-3-10-25-45)60-65-56(43-67-60)46-26-11-4-12-27-46/h3-39,41,54-58H,40,42-43H2,1-2H3/t55-,56-,57-,58-/m1/s1. The van der Waals surface area contributed by atoms with E-state index in [9.17, 15) is 0 Å². The van der Waals surface area contributed by atoms with Crippen LogP contribution in [0.2, 0.25) is 0 Å². The first-order valence-electron chi connectivity index (χ1n) is 25.0. The smallest absolute Gasteiger partial charge is 0.399 e. The minimum atomic E-state index is -2.27. The average molecular weight is 983 g/mol. The van der Waals surface area contributed by atoms with Crippen molar-refractivity contribution in [2.45, 2.75) is 61.5 Å². The molecule has 4 atom stereocenters. The molecular weight excluding hydrogens is 928 g/mol. The van der Waals surface area contributed by atoms with Crippen molar-refractivity contribution in [1.82, 2.24) is 0 Å². The van der Waals surface area contributed by atoms with Crippen LogP contribution in [0, 0.1) is 5.92 Å². The van der Waals surface area contributed by atoms with Gasteiger partial charge < -0.3 is 23.5 Å². The largest absolute Gasteiger partial charge is 0.478 e. The van der Waals surface area contributed by atoms with Crippen LogP contribution in [0.4, 0.5) is 0 Å². The van der Waals surface area contributed by atoms with Gasteiger partial charge >= 0.3 is 8.60 Å². The SMILES string of the molecule is CC1(C)O[C@@H]2[C@@H](O1)C(c1ccccc1)(c1ccccc1)OP(Oc1cccc(-c3cccc(CC(C4=N[C@@H](c5ccccc5)CO4)C4=N[C@@H](c5ccccc5)CO4)c3)c1)OC2(c1ccccc1)c1ccccc1. The summed E-state index contributed by atoms with van der Waals surface area (Å²) in [6, 6.07) is 78.0. The predicted molar refractivity (Wildman–Crippen MR) is 285 cm³/mol. The molecule has 0 radical (unpaired) electrons. The van der Waals surface area contributed by atoms with Gasteiger partial charge in [0, 0.05) is 0 Å². The Morgan fingerprint density at radius 1 is 0.479 bits per heavy atom. The van der Waals surface area contributed by atoms with Gasteiger partial charge in [-0.25, -0.2) is 9.98 Å². The first-order valence-corrected chi connectivity index (χ1v) is 26.1. The number of rotatable bonds is 13. The van der Waals surface area contributed by atoms with E-state index in [4.69, 9.17) is 42.5 Å². The maximum atomic E-state index is 7.63. The fraction of sp³-hybridized carbons (Fsp3) is 0.206. The zero-order valence-electron chi connectivity index (χ0n) is 40.6. The van der Waals surface area contributed by atoms with Crippen LogP contribution in [-0.4, -0.2) is 43.0 Å². The van der Waals surface area contributed by atoms with Crippen molar-refractivity contribution in [3.05, 3.63) is 269 Å². The second kappa shape index (κ2) is 20.0. The van der Waals surface area contributed by atoms with Crippen LogP contribution >= 0.6 is 8.60 Å². The quantitative estimate of drug-likeness (QED) is 0.106. The van der Waals surface area contributed by atoms with Crippen LogP contribution in [0.5, 0.6) is 5.75 Å². The van der Waals surface area contributed by atoms with E-state index in [1.54, 1.807) is 0 Å². The van der Waals surface area contributed by atoms with E-state index in [1.165, 1.54) is 0 Å².